The molecule has 3 N–H and O–H groups in total. The molecule has 4 rings (SSSR count). The zero-order valence-electron chi connectivity index (χ0n) is 11.7. The molecule has 0 bridgehead atoms. The van der Waals surface area contributed by atoms with Crippen LogP contribution < -0.4 is 5.73 Å². The first kappa shape index (κ1) is 12.8. The third-order valence-corrected chi connectivity index (χ3v) is 6.54. The summed E-state index contributed by atoms with van der Waals surface area (Å²) in [4.78, 5) is 0. The summed E-state index contributed by atoms with van der Waals surface area (Å²) >= 11 is 1.79. The van der Waals surface area contributed by atoms with E-state index in [0.29, 0.717) is 6.54 Å². The molecule has 0 saturated heterocycles. The molecule has 2 aliphatic rings. The highest BCUT2D eigenvalue weighted by Gasteiger charge is 2.56. The van der Waals surface area contributed by atoms with Crippen molar-refractivity contribution in [3.8, 4) is 0 Å². The lowest BCUT2D eigenvalue weighted by Crippen LogP contribution is -2.62. The Bertz CT molecular complexity index is 656. The summed E-state index contributed by atoms with van der Waals surface area (Å²) in [6.45, 7) is 0.562. The monoisotopic (exact) mass is 287 g/mol. The van der Waals surface area contributed by atoms with E-state index in [9.17, 15) is 5.11 Å². The van der Waals surface area contributed by atoms with Crippen LogP contribution in [0.15, 0.2) is 23.6 Å². The molecule has 106 valence electrons. The molecule has 20 heavy (non-hydrogen) atoms. The zero-order valence-corrected chi connectivity index (χ0v) is 12.5. The number of aliphatic hydroxyl groups is 1. The van der Waals surface area contributed by atoms with Gasteiger partial charge in [0.2, 0.25) is 0 Å². The van der Waals surface area contributed by atoms with E-state index in [-0.39, 0.29) is 5.41 Å². The molecular formula is C17H21NOS. The maximum Gasteiger partial charge on any atom is 0.0759 e. The van der Waals surface area contributed by atoms with E-state index in [2.05, 4.69) is 23.6 Å². The molecule has 3 heteroatoms. The van der Waals surface area contributed by atoms with Crippen LogP contribution >= 0.6 is 11.3 Å². The summed E-state index contributed by atoms with van der Waals surface area (Å²) in [5, 5.41) is 14.8. The summed E-state index contributed by atoms with van der Waals surface area (Å²) < 4.78 is 1.35. The normalized spacial score (nSPS) is 28.1. The Morgan fingerprint density at radius 2 is 1.95 bits per heavy atom. The van der Waals surface area contributed by atoms with Crippen LogP contribution in [0.3, 0.4) is 0 Å². The number of thiophene rings is 1. The molecule has 0 spiro atoms. The fourth-order valence-corrected chi connectivity index (χ4v) is 5.25. The Hall–Kier alpha value is -0.900. The van der Waals surface area contributed by atoms with Crippen LogP contribution in [-0.2, 0) is 11.8 Å². The fourth-order valence-electron chi connectivity index (χ4n) is 4.44. The lowest BCUT2D eigenvalue weighted by molar-refractivity contribution is -0.0753. The van der Waals surface area contributed by atoms with Crippen LogP contribution in [0.4, 0.5) is 0 Å². The van der Waals surface area contributed by atoms with Gasteiger partial charge in [-0.1, -0.05) is 25.3 Å². The van der Waals surface area contributed by atoms with Crippen LogP contribution in [0.5, 0.6) is 0 Å². The molecule has 1 heterocycles. The molecule has 1 unspecified atom stereocenters. The molecule has 0 amide bonds. The third kappa shape index (κ3) is 1.46. The van der Waals surface area contributed by atoms with Gasteiger partial charge in [-0.15, -0.1) is 11.3 Å². The highest BCUT2D eigenvalue weighted by Crippen LogP contribution is 2.54. The van der Waals surface area contributed by atoms with Gasteiger partial charge in [0, 0.05) is 16.7 Å². The second-order valence-corrected chi connectivity index (χ2v) is 7.43. The molecule has 1 atom stereocenters. The van der Waals surface area contributed by atoms with Gasteiger partial charge in [0.1, 0.15) is 0 Å². The average Bonchev–Trinajstić information content (AvgIpc) is 2.88. The minimum absolute atomic E-state index is 0.196. The molecule has 2 nitrogen and oxygen atoms in total. The quantitative estimate of drug-likeness (QED) is 0.890. The second kappa shape index (κ2) is 4.30. The Morgan fingerprint density at radius 1 is 1.15 bits per heavy atom. The Balaban J connectivity index is 1.84. The topological polar surface area (TPSA) is 46.2 Å². The van der Waals surface area contributed by atoms with E-state index in [1.807, 2.05) is 0 Å². The first-order valence-corrected chi connectivity index (χ1v) is 8.50. The Kier molecular flexibility index (Phi) is 2.75. The van der Waals surface area contributed by atoms with Gasteiger partial charge in [0.25, 0.3) is 0 Å². The predicted molar refractivity (Wildman–Crippen MR) is 84.3 cm³/mol. The highest BCUT2D eigenvalue weighted by molar-refractivity contribution is 7.17. The highest BCUT2D eigenvalue weighted by atomic mass is 32.1. The van der Waals surface area contributed by atoms with Crippen molar-refractivity contribution in [3.05, 3.63) is 34.7 Å². The van der Waals surface area contributed by atoms with Crippen LogP contribution in [0.25, 0.3) is 10.1 Å². The minimum atomic E-state index is -0.587. The molecule has 1 saturated carbocycles. The van der Waals surface area contributed by atoms with Crippen molar-refractivity contribution in [3.63, 3.8) is 0 Å². The number of hydrogen-bond donors (Lipinski definition) is 2. The Morgan fingerprint density at radius 3 is 2.70 bits per heavy atom. The van der Waals surface area contributed by atoms with Gasteiger partial charge in [-0.05, 0) is 53.3 Å². The van der Waals surface area contributed by atoms with Gasteiger partial charge in [0.05, 0.1) is 5.60 Å². The van der Waals surface area contributed by atoms with E-state index < -0.39 is 5.60 Å². The number of fused-ring (bicyclic) bond motifs is 3. The average molecular weight is 287 g/mol. The number of hydrogen-bond acceptors (Lipinski definition) is 3. The van der Waals surface area contributed by atoms with Crippen LogP contribution in [0.2, 0.25) is 0 Å². The smallest absolute Gasteiger partial charge is 0.0759 e. The van der Waals surface area contributed by atoms with Gasteiger partial charge in [-0.3, -0.25) is 0 Å². The van der Waals surface area contributed by atoms with Gasteiger partial charge in [-0.2, -0.15) is 0 Å². The summed E-state index contributed by atoms with van der Waals surface area (Å²) in [6, 6.07) is 6.63. The SMILES string of the molecule is NCC1(C2(O)CCCCC2)Cc2c1ccc1sccc21. The van der Waals surface area contributed by atoms with Gasteiger partial charge in [0.15, 0.2) is 0 Å². The summed E-state index contributed by atoms with van der Waals surface area (Å²) in [7, 11) is 0. The van der Waals surface area contributed by atoms with E-state index >= 15 is 0 Å². The maximum atomic E-state index is 11.2. The van der Waals surface area contributed by atoms with E-state index in [4.69, 9.17) is 5.73 Å². The number of rotatable bonds is 2. The molecule has 1 fully saturated rings. The zero-order chi connectivity index (χ0) is 13.8. The lowest BCUT2D eigenvalue weighted by Gasteiger charge is -2.55. The van der Waals surface area contributed by atoms with Crippen molar-refractivity contribution in [1.82, 2.24) is 0 Å². The second-order valence-electron chi connectivity index (χ2n) is 6.48. The summed E-state index contributed by atoms with van der Waals surface area (Å²) in [5.41, 5.74) is 8.12. The summed E-state index contributed by atoms with van der Waals surface area (Å²) in [5.74, 6) is 0. The van der Waals surface area contributed by atoms with Gasteiger partial charge >= 0.3 is 0 Å². The van der Waals surface area contributed by atoms with Gasteiger partial charge < -0.3 is 10.8 Å². The van der Waals surface area contributed by atoms with E-state index in [0.717, 1.165) is 32.1 Å². The molecule has 2 aromatic rings. The fraction of sp³-hybridized carbons (Fsp3) is 0.529. The summed E-state index contributed by atoms with van der Waals surface area (Å²) in [6.07, 6.45) is 6.28. The van der Waals surface area contributed by atoms with Crippen molar-refractivity contribution >= 4 is 21.4 Å². The number of nitrogens with two attached hydrogens (primary N) is 1. The molecule has 1 aromatic carbocycles. The predicted octanol–water partition coefficient (Wildman–Crippen LogP) is 3.35. The van der Waals surface area contributed by atoms with E-state index in [1.165, 1.54) is 27.6 Å². The van der Waals surface area contributed by atoms with Crippen LogP contribution in [0, 0.1) is 0 Å². The Labute approximate surface area is 123 Å². The van der Waals surface area contributed by atoms with Crippen molar-refractivity contribution < 1.29 is 5.11 Å². The van der Waals surface area contributed by atoms with Gasteiger partial charge in [-0.25, -0.2) is 0 Å². The lowest BCUT2D eigenvalue weighted by atomic mass is 9.52. The van der Waals surface area contributed by atoms with Crippen molar-refractivity contribution in [2.45, 2.75) is 49.5 Å². The molecule has 0 aliphatic heterocycles. The first-order valence-electron chi connectivity index (χ1n) is 7.62. The van der Waals surface area contributed by atoms with Crippen molar-refractivity contribution in [1.29, 1.82) is 0 Å². The van der Waals surface area contributed by atoms with Crippen molar-refractivity contribution in [2.24, 2.45) is 5.73 Å². The molecule has 1 aromatic heterocycles. The van der Waals surface area contributed by atoms with Crippen LogP contribution in [-0.4, -0.2) is 17.3 Å². The maximum absolute atomic E-state index is 11.2. The third-order valence-electron chi connectivity index (χ3n) is 5.66. The van der Waals surface area contributed by atoms with Crippen molar-refractivity contribution in [2.75, 3.05) is 6.54 Å². The van der Waals surface area contributed by atoms with Crippen LogP contribution in [0.1, 0.15) is 43.2 Å². The standard InChI is InChI=1S/C17H21NOS/c18-11-16(17(19)7-2-1-3-8-17)10-13-12-6-9-20-15(12)5-4-14(13)16/h4-6,9,19H,1-3,7-8,10-11,18H2. The largest absolute Gasteiger partial charge is 0.389 e. The first-order chi connectivity index (χ1) is 9.70. The van der Waals surface area contributed by atoms with E-state index in [1.54, 1.807) is 11.3 Å². The molecule has 0 radical (unpaired) electrons. The minimum Gasteiger partial charge on any atom is -0.389 e. The molecular weight excluding hydrogens is 266 g/mol. The number of benzene rings is 1. The molecule has 2 aliphatic carbocycles.